The number of aromatic nitrogens is 10. The molecule has 5 heterocycles. The molecular formula is C114H86N10. The van der Waals surface area contributed by atoms with Gasteiger partial charge in [0.25, 0.3) is 0 Å². The third kappa shape index (κ3) is 15.1. The highest BCUT2D eigenvalue weighted by Crippen LogP contribution is 2.48. The van der Waals surface area contributed by atoms with Gasteiger partial charge in [-0.15, -0.1) is 0 Å². The molecule has 124 heavy (non-hydrogen) atoms. The molecule has 0 N–H and O–H groups in total. The molecule has 0 unspecified atom stereocenters. The molecule has 592 valence electrons. The SMILES string of the molecule is Cc1nc2c(nc1-c1ccccc1)-c1c(c3ccccc3c3ccccc13)C2.Cc1nc2c(nc1-c1ccccc1)-c1ccccc1C2.Cc1nc2c(nc1-c1ccccc1)C(c1ccccc1)=C(c1ccccc1)C2.Cc1nc2c(nc1-c1ccccc1)CC(c1ccccc1)=C2c1ccccc1.Cc1nc2c(nc1-c1ccccc1)Cc1ccccc1-2. The van der Waals surface area contributed by atoms with Gasteiger partial charge in [0.1, 0.15) is 0 Å². The summed E-state index contributed by atoms with van der Waals surface area (Å²) in [7, 11) is 0. The Labute approximate surface area is 723 Å². The van der Waals surface area contributed by atoms with Gasteiger partial charge in [-0.25, -0.2) is 34.9 Å². The van der Waals surface area contributed by atoms with Crippen LogP contribution >= 0.6 is 0 Å². The maximum Gasteiger partial charge on any atom is 0.0937 e. The summed E-state index contributed by atoms with van der Waals surface area (Å²) in [6, 6.07) is 128. The molecule has 0 saturated heterocycles. The fraction of sp³-hybridized carbons (Fsp3) is 0.0877. The van der Waals surface area contributed by atoms with Gasteiger partial charge in [0.15, 0.2) is 0 Å². The van der Waals surface area contributed by atoms with E-state index in [4.69, 9.17) is 49.8 Å². The van der Waals surface area contributed by atoms with Crippen molar-refractivity contribution in [1.82, 2.24) is 49.8 Å². The average molecular weight is 1600 g/mol. The molecule has 5 aromatic heterocycles. The molecule has 0 fully saturated rings. The number of rotatable bonds is 9. The first-order valence-electron chi connectivity index (χ1n) is 42.5. The smallest absolute Gasteiger partial charge is 0.0937 e. The Morgan fingerprint density at radius 3 is 0.823 bits per heavy atom. The number of hydrogen-bond donors (Lipinski definition) is 0. The monoisotopic (exact) mass is 1590 g/mol. The van der Waals surface area contributed by atoms with Crippen LogP contribution in [-0.4, -0.2) is 49.8 Å². The predicted octanol–water partition coefficient (Wildman–Crippen LogP) is 26.3. The summed E-state index contributed by atoms with van der Waals surface area (Å²) < 4.78 is 0. The first-order valence-corrected chi connectivity index (χ1v) is 42.5. The van der Waals surface area contributed by atoms with Crippen molar-refractivity contribution in [3.8, 4) is 90.1 Å². The van der Waals surface area contributed by atoms with Gasteiger partial charge >= 0.3 is 0 Å². The van der Waals surface area contributed by atoms with Gasteiger partial charge in [0.2, 0.25) is 0 Å². The van der Waals surface area contributed by atoms with Crippen LogP contribution in [0.15, 0.2) is 370 Å². The van der Waals surface area contributed by atoms with Crippen molar-refractivity contribution in [3.05, 3.63) is 477 Å². The van der Waals surface area contributed by atoms with Crippen molar-refractivity contribution in [3.63, 3.8) is 0 Å². The zero-order valence-corrected chi connectivity index (χ0v) is 69.7. The summed E-state index contributed by atoms with van der Waals surface area (Å²) in [5, 5.41) is 5.18. The van der Waals surface area contributed by atoms with E-state index in [1.54, 1.807) is 0 Å². The summed E-state index contributed by atoms with van der Waals surface area (Å²) in [4.78, 5) is 49.8. The van der Waals surface area contributed by atoms with Gasteiger partial charge < -0.3 is 0 Å². The fourth-order valence-electron chi connectivity index (χ4n) is 18.2. The van der Waals surface area contributed by atoms with Crippen LogP contribution in [0, 0.1) is 34.6 Å². The lowest BCUT2D eigenvalue weighted by Gasteiger charge is -2.12. The molecule has 19 aromatic rings. The van der Waals surface area contributed by atoms with E-state index < -0.39 is 0 Å². The number of fused-ring (bicyclic) bond motifs is 16. The normalized spacial score (nSPS) is 12.5. The second-order valence-electron chi connectivity index (χ2n) is 31.9. The van der Waals surface area contributed by atoms with Gasteiger partial charge in [-0.1, -0.05) is 370 Å². The van der Waals surface area contributed by atoms with Crippen LogP contribution in [0.3, 0.4) is 0 Å². The van der Waals surface area contributed by atoms with Crippen LogP contribution in [-0.2, 0) is 32.1 Å². The molecule has 10 heteroatoms. The van der Waals surface area contributed by atoms with Crippen LogP contribution in [0.4, 0.5) is 0 Å². The summed E-state index contributed by atoms with van der Waals surface area (Å²) in [6.07, 6.45) is 4.25. The van der Waals surface area contributed by atoms with Crippen molar-refractivity contribution >= 4 is 43.8 Å². The lowest BCUT2D eigenvalue weighted by molar-refractivity contribution is 1.03. The molecule has 10 nitrogen and oxygen atoms in total. The average Bonchev–Trinajstić information content (AvgIpc) is 1.54. The number of benzene rings is 14. The Hall–Kier alpha value is -15.5. The minimum atomic E-state index is 0.802. The van der Waals surface area contributed by atoms with Gasteiger partial charge in [-0.05, 0) is 106 Å². The van der Waals surface area contributed by atoms with E-state index in [0.29, 0.717) is 0 Å². The molecule has 5 aliphatic carbocycles. The van der Waals surface area contributed by atoms with Crippen molar-refractivity contribution in [2.24, 2.45) is 0 Å². The highest BCUT2D eigenvalue weighted by molar-refractivity contribution is 6.17. The molecule has 0 spiro atoms. The van der Waals surface area contributed by atoms with E-state index in [-0.39, 0.29) is 0 Å². The lowest BCUT2D eigenvalue weighted by atomic mass is 9.93. The van der Waals surface area contributed by atoms with Gasteiger partial charge in [-0.3, -0.25) is 15.0 Å². The molecule has 14 aromatic carbocycles. The summed E-state index contributed by atoms with van der Waals surface area (Å²) in [5.74, 6) is 0. The third-order valence-electron chi connectivity index (χ3n) is 24.0. The zero-order chi connectivity index (χ0) is 83.6. The maximum atomic E-state index is 5.16. The minimum absolute atomic E-state index is 0.802. The molecule has 0 radical (unpaired) electrons. The third-order valence-corrected chi connectivity index (χ3v) is 24.0. The largest absolute Gasteiger partial charge is 0.253 e. The second kappa shape index (κ2) is 33.9. The van der Waals surface area contributed by atoms with E-state index in [0.717, 1.165) is 174 Å². The van der Waals surface area contributed by atoms with Crippen LogP contribution in [0.5, 0.6) is 0 Å². The summed E-state index contributed by atoms with van der Waals surface area (Å²) >= 11 is 0. The Morgan fingerprint density at radius 2 is 0.419 bits per heavy atom. The summed E-state index contributed by atoms with van der Waals surface area (Å²) in [5.41, 5.74) is 43.6. The van der Waals surface area contributed by atoms with Crippen LogP contribution in [0.25, 0.3) is 134 Å². The van der Waals surface area contributed by atoms with Gasteiger partial charge in [0.05, 0.1) is 114 Å². The minimum Gasteiger partial charge on any atom is -0.253 e. The van der Waals surface area contributed by atoms with Crippen LogP contribution < -0.4 is 0 Å². The van der Waals surface area contributed by atoms with E-state index in [1.165, 1.54) is 99.5 Å². The van der Waals surface area contributed by atoms with E-state index >= 15 is 0 Å². The van der Waals surface area contributed by atoms with E-state index in [1.807, 2.05) is 92.7 Å². The molecule has 0 atom stereocenters. The van der Waals surface area contributed by atoms with Crippen molar-refractivity contribution in [2.45, 2.75) is 66.7 Å². The van der Waals surface area contributed by atoms with Gasteiger partial charge in [0, 0.05) is 87.8 Å². The van der Waals surface area contributed by atoms with Crippen molar-refractivity contribution in [1.29, 1.82) is 0 Å². The molecule has 0 aliphatic heterocycles. The van der Waals surface area contributed by atoms with Crippen molar-refractivity contribution in [2.75, 3.05) is 0 Å². The number of allylic oxidation sites excluding steroid dienone is 2. The Balaban J connectivity index is 0.0000000989. The molecular weight excluding hydrogens is 1510 g/mol. The maximum absolute atomic E-state index is 5.16. The molecule has 5 aliphatic rings. The fourth-order valence-corrected chi connectivity index (χ4v) is 18.2. The Kier molecular flexibility index (Phi) is 21.1. The van der Waals surface area contributed by atoms with Crippen molar-refractivity contribution < 1.29 is 0 Å². The predicted molar refractivity (Wildman–Crippen MR) is 506 cm³/mol. The molecule has 0 amide bonds. The van der Waals surface area contributed by atoms with E-state index in [2.05, 4.69) is 312 Å². The molecule has 0 bridgehead atoms. The lowest BCUT2D eigenvalue weighted by Crippen LogP contribution is -2.01. The summed E-state index contributed by atoms with van der Waals surface area (Å²) in [6.45, 7) is 10.3. The highest BCUT2D eigenvalue weighted by Gasteiger charge is 2.33. The number of hydrogen-bond acceptors (Lipinski definition) is 10. The topological polar surface area (TPSA) is 129 Å². The van der Waals surface area contributed by atoms with Gasteiger partial charge in [-0.2, -0.15) is 0 Å². The zero-order valence-electron chi connectivity index (χ0n) is 69.7. The Morgan fingerprint density at radius 1 is 0.169 bits per heavy atom. The Bertz CT molecular complexity index is 7310. The number of nitrogens with zero attached hydrogens (tertiary/aromatic N) is 10. The number of aryl methyl sites for hydroxylation is 5. The van der Waals surface area contributed by atoms with Crippen LogP contribution in [0.2, 0.25) is 0 Å². The molecule has 24 rings (SSSR count). The quantitative estimate of drug-likeness (QED) is 0.129. The van der Waals surface area contributed by atoms with Crippen LogP contribution in [0.1, 0.15) is 107 Å². The second-order valence-corrected chi connectivity index (χ2v) is 31.9. The first-order chi connectivity index (χ1) is 61.1. The first kappa shape index (κ1) is 77.1. The standard InChI is InChI=1S/C26H18N2.2C26H20N2.2C18H14N2/c1-16-25(17-9-3-2-4-10-17)28-26-23(27-16)15-22-20-13-6-5-11-18(20)19-12-7-8-14-21(19)24(22)26;1-18-25(21-15-9-4-10-16-21)28-23-17-22(19-11-5-2-6-12-19)24(26(23)27-18)20-13-7-3-8-14-20;1-18-25(21-15-9-4-10-16-21)28-26-23(27-18)17-22(19-11-5-2-6-12-19)24(26)20-13-7-3-8-14-20;1-12-17(13-7-3-2-4-8-13)20-16-11-14-9-5-6-10-15(14)18(16)19-12;1-12-17(13-7-3-2-4-8-13)20-18-15-10-6-5-9-14(15)11-16(18)19-12/h2-14H,15H2,1H3;2*2-16H,17H2,1H3;2*2-10H,11H2,1H3. The molecule has 0 saturated carbocycles. The van der Waals surface area contributed by atoms with E-state index in [9.17, 15) is 0 Å². The highest BCUT2D eigenvalue weighted by atomic mass is 14.9.